The van der Waals surface area contributed by atoms with Crippen molar-refractivity contribution in [1.82, 2.24) is 0 Å². The molecule has 0 spiro atoms. The van der Waals surface area contributed by atoms with Crippen molar-refractivity contribution < 1.29 is 9.50 Å². The van der Waals surface area contributed by atoms with Crippen LogP contribution in [0.25, 0.3) is 6.08 Å². The van der Waals surface area contributed by atoms with E-state index in [1.807, 2.05) is 19.9 Å². The topological polar surface area (TPSA) is 20.2 Å². The van der Waals surface area contributed by atoms with E-state index in [0.29, 0.717) is 4.47 Å². The van der Waals surface area contributed by atoms with Crippen molar-refractivity contribution in [2.45, 2.75) is 13.8 Å². The third-order valence-corrected chi connectivity index (χ3v) is 2.91. The second kappa shape index (κ2) is 5.42. The first kappa shape index (κ1) is 12.4. The van der Waals surface area contributed by atoms with Crippen molar-refractivity contribution in [3.05, 3.63) is 39.6 Å². The van der Waals surface area contributed by atoms with Crippen LogP contribution in [0.2, 0.25) is 0 Å². The Morgan fingerprint density at radius 2 is 2.20 bits per heavy atom. The molecule has 0 radical (unpaired) electrons. The Morgan fingerprint density at radius 1 is 1.53 bits per heavy atom. The van der Waals surface area contributed by atoms with Crippen LogP contribution in [0.4, 0.5) is 4.39 Å². The van der Waals surface area contributed by atoms with Crippen molar-refractivity contribution in [1.29, 1.82) is 0 Å². The predicted molar refractivity (Wildman–Crippen MR) is 64.0 cm³/mol. The summed E-state index contributed by atoms with van der Waals surface area (Å²) in [5, 5.41) is 9.15. The number of rotatable bonds is 3. The largest absolute Gasteiger partial charge is 0.392 e. The summed E-state index contributed by atoms with van der Waals surface area (Å²) in [5.74, 6) is 0.0149. The zero-order valence-electron chi connectivity index (χ0n) is 8.80. The quantitative estimate of drug-likeness (QED) is 0.891. The Morgan fingerprint density at radius 3 is 2.67 bits per heavy atom. The number of benzene rings is 1. The Kier molecular flexibility index (Phi) is 4.48. The minimum Gasteiger partial charge on any atom is -0.392 e. The summed E-state index contributed by atoms with van der Waals surface area (Å²) in [6, 6.07) is 4.52. The smallest absolute Gasteiger partial charge is 0.124 e. The lowest BCUT2D eigenvalue weighted by molar-refractivity contribution is 0.320. The number of aliphatic hydroxyl groups is 1. The molecule has 0 aliphatic rings. The zero-order valence-corrected chi connectivity index (χ0v) is 10.4. The molecule has 82 valence electrons. The van der Waals surface area contributed by atoms with Gasteiger partial charge in [0.25, 0.3) is 0 Å². The minimum atomic E-state index is -0.269. The van der Waals surface area contributed by atoms with Crippen LogP contribution >= 0.6 is 15.9 Å². The van der Waals surface area contributed by atoms with Gasteiger partial charge in [-0.15, -0.1) is 0 Å². The van der Waals surface area contributed by atoms with E-state index in [9.17, 15) is 4.39 Å². The van der Waals surface area contributed by atoms with Crippen molar-refractivity contribution in [2.24, 2.45) is 5.92 Å². The summed E-state index contributed by atoms with van der Waals surface area (Å²) in [6.07, 6.45) is 1.88. The summed E-state index contributed by atoms with van der Waals surface area (Å²) in [5.41, 5.74) is 1.82. The van der Waals surface area contributed by atoms with E-state index in [-0.39, 0.29) is 18.3 Å². The van der Waals surface area contributed by atoms with Gasteiger partial charge in [0.2, 0.25) is 0 Å². The molecular weight excluding hydrogens is 259 g/mol. The maximum Gasteiger partial charge on any atom is 0.124 e. The van der Waals surface area contributed by atoms with Crippen molar-refractivity contribution in [3.8, 4) is 0 Å². The number of halogens is 2. The van der Waals surface area contributed by atoms with Gasteiger partial charge in [-0.2, -0.15) is 0 Å². The molecule has 0 unspecified atom stereocenters. The van der Waals surface area contributed by atoms with Crippen LogP contribution in [-0.4, -0.2) is 11.7 Å². The fourth-order valence-electron chi connectivity index (χ4n) is 1.21. The normalized spacial score (nSPS) is 12.3. The van der Waals surface area contributed by atoms with E-state index < -0.39 is 0 Å². The molecule has 1 nitrogen and oxygen atoms in total. The summed E-state index contributed by atoms with van der Waals surface area (Å²) >= 11 is 3.29. The van der Waals surface area contributed by atoms with Gasteiger partial charge in [0.05, 0.1) is 6.61 Å². The average molecular weight is 273 g/mol. The van der Waals surface area contributed by atoms with E-state index >= 15 is 0 Å². The highest BCUT2D eigenvalue weighted by Gasteiger charge is 2.04. The lowest BCUT2D eigenvalue weighted by Gasteiger charge is -2.08. The Labute approximate surface area is 97.8 Å². The third-order valence-electron chi connectivity index (χ3n) is 2.23. The molecular formula is C12H14BrFO. The average Bonchev–Trinajstić information content (AvgIpc) is 2.16. The first-order valence-electron chi connectivity index (χ1n) is 4.81. The maximum atomic E-state index is 12.8. The van der Waals surface area contributed by atoms with Crippen LogP contribution < -0.4 is 0 Å². The van der Waals surface area contributed by atoms with Gasteiger partial charge in [0.15, 0.2) is 0 Å². The van der Waals surface area contributed by atoms with Gasteiger partial charge in [-0.05, 0) is 29.2 Å². The van der Waals surface area contributed by atoms with Gasteiger partial charge >= 0.3 is 0 Å². The Hall–Kier alpha value is -0.670. The fourth-order valence-corrected chi connectivity index (χ4v) is 1.68. The number of hydrogen-bond donors (Lipinski definition) is 1. The highest BCUT2D eigenvalue weighted by atomic mass is 79.9. The Balaban J connectivity index is 3.06. The van der Waals surface area contributed by atoms with Gasteiger partial charge in [0, 0.05) is 4.47 Å². The van der Waals surface area contributed by atoms with Crippen LogP contribution in [0.5, 0.6) is 0 Å². The van der Waals surface area contributed by atoms with Gasteiger partial charge in [0.1, 0.15) is 5.82 Å². The van der Waals surface area contributed by atoms with E-state index in [1.165, 1.54) is 12.1 Å². The molecule has 0 amide bonds. The van der Waals surface area contributed by atoms with Crippen molar-refractivity contribution in [3.63, 3.8) is 0 Å². The van der Waals surface area contributed by atoms with Crippen molar-refractivity contribution >= 4 is 22.0 Å². The molecule has 3 heteroatoms. The number of hydrogen-bond acceptors (Lipinski definition) is 1. The van der Waals surface area contributed by atoms with Crippen LogP contribution in [0.15, 0.2) is 28.2 Å². The zero-order chi connectivity index (χ0) is 11.4. The molecule has 0 fully saturated rings. The van der Waals surface area contributed by atoms with Gasteiger partial charge in [-0.1, -0.05) is 41.9 Å². The molecule has 0 aliphatic heterocycles. The standard InChI is InChI=1S/C12H14BrFO/c1-8(2)10(7-15)5-9-3-4-11(14)6-12(9)13/h3-6,8,15H,7H2,1-2H3/b10-5+. The summed E-state index contributed by atoms with van der Waals surface area (Å²) < 4.78 is 13.5. The lowest BCUT2D eigenvalue weighted by atomic mass is 10.0. The van der Waals surface area contributed by atoms with Crippen LogP contribution in [0, 0.1) is 11.7 Å². The summed E-state index contributed by atoms with van der Waals surface area (Å²) in [4.78, 5) is 0. The van der Waals surface area contributed by atoms with Gasteiger partial charge in [-0.3, -0.25) is 0 Å². The molecule has 0 aliphatic carbocycles. The first-order valence-corrected chi connectivity index (χ1v) is 5.60. The predicted octanol–water partition coefficient (Wildman–Crippen LogP) is 3.62. The molecule has 0 bridgehead atoms. The van der Waals surface area contributed by atoms with Crippen LogP contribution in [0.1, 0.15) is 19.4 Å². The maximum absolute atomic E-state index is 12.8. The molecule has 1 aromatic carbocycles. The van der Waals surface area contributed by atoms with Gasteiger partial charge < -0.3 is 5.11 Å². The summed E-state index contributed by atoms with van der Waals surface area (Å²) in [6.45, 7) is 4.06. The molecule has 1 aromatic rings. The van der Waals surface area contributed by atoms with E-state index in [4.69, 9.17) is 5.11 Å². The second-order valence-electron chi connectivity index (χ2n) is 3.70. The molecule has 0 heterocycles. The molecule has 0 saturated carbocycles. The molecule has 0 atom stereocenters. The van der Waals surface area contributed by atoms with Gasteiger partial charge in [-0.25, -0.2) is 4.39 Å². The van der Waals surface area contributed by atoms with E-state index in [2.05, 4.69) is 15.9 Å². The highest BCUT2D eigenvalue weighted by Crippen LogP contribution is 2.22. The highest BCUT2D eigenvalue weighted by molar-refractivity contribution is 9.10. The number of aliphatic hydroxyl groups excluding tert-OH is 1. The summed E-state index contributed by atoms with van der Waals surface area (Å²) in [7, 11) is 0. The first-order chi connectivity index (χ1) is 7.04. The second-order valence-corrected chi connectivity index (χ2v) is 4.55. The van der Waals surface area contributed by atoms with E-state index in [0.717, 1.165) is 11.1 Å². The van der Waals surface area contributed by atoms with Crippen molar-refractivity contribution in [2.75, 3.05) is 6.61 Å². The minimum absolute atomic E-state index is 0.0292. The van der Waals surface area contributed by atoms with Crippen LogP contribution in [0.3, 0.4) is 0 Å². The SMILES string of the molecule is CC(C)/C(=C/c1ccc(F)cc1Br)CO. The monoisotopic (exact) mass is 272 g/mol. The Bertz CT molecular complexity index is 372. The fraction of sp³-hybridized carbons (Fsp3) is 0.333. The third kappa shape index (κ3) is 3.43. The van der Waals surface area contributed by atoms with E-state index in [1.54, 1.807) is 6.07 Å². The molecule has 0 aromatic heterocycles. The molecule has 15 heavy (non-hydrogen) atoms. The molecule has 0 saturated heterocycles. The molecule has 1 N–H and O–H groups in total. The molecule has 1 rings (SSSR count). The lowest BCUT2D eigenvalue weighted by Crippen LogP contribution is -1.99. The van der Waals surface area contributed by atoms with Crippen LogP contribution in [-0.2, 0) is 0 Å².